The first-order valence-electron chi connectivity index (χ1n) is 9.12. The molecule has 0 spiro atoms. The summed E-state index contributed by atoms with van der Waals surface area (Å²) in [6.45, 7) is 1.43. The zero-order valence-electron chi connectivity index (χ0n) is 15.6. The quantitative estimate of drug-likeness (QED) is 0.484. The summed E-state index contributed by atoms with van der Waals surface area (Å²) in [5.41, 5.74) is 1.85. The third-order valence-corrected chi connectivity index (χ3v) is 4.23. The molecule has 6 nitrogen and oxygen atoms in total. The summed E-state index contributed by atoms with van der Waals surface area (Å²) >= 11 is 0. The van der Waals surface area contributed by atoms with Gasteiger partial charge >= 0.3 is 0 Å². The Morgan fingerprint density at radius 3 is 2.78 bits per heavy atom. The van der Waals surface area contributed by atoms with Crippen molar-refractivity contribution in [3.8, 4) is 12.3 Å². The van der Waals surface area contributed by atoms with Crippen LogP contribution in [0.2, 0.25) is 0 Å². The number of hydrogen-bond donors (Lipinski definition) is 2. The van der Waals surface area contributed by atoms with Crippen molar-refractivity contribution < 1.29 is 24.1 Å². The maximum Gasteiger partial charge on any atom is 0.286 e. The second kappa shape index (κ2) is 11.4. The van der Waals surface area contributed by atoms with Gasteiger partial charge in [0.25, 0.3) is 5.91 Å². The smallest absolute Gasteiger partial charge is 0.286 e. The predicted octanol–water partition coefficient (Wildman–Crippen LogP) is 1.93. The number of terminal acetylenes is 1. The van der Waals surface area contributed by atoms with Gasteiger partial charge in [-0.3, -0.25) is 4.79 Å². The van der Waals surface area contributed by atoms with E-state index in [-0.39, 0.29) is 24.2 Å². The highest BCUT2D eigenvalue weighted by Gasteiger charge is 2.28. The summed E-state index contributed by atoms with van der Waals surface area (Å²) in [5.74, 6) is 2.54. The van der Waals surface area contributed by atoms with Crippen LogP contribution in [0.3, 0.4) is 0 Å². The van der Waals surface area contributed by atoms with Crippen LogP contribution in [0.5, 0.6) is 0 Å². The Labute approximate surface area is 160 Å². The number of carbonyl (C=O) groups excluding carboxylic acids is 1. The van der Waals surface area contributed by atoms with Crippen LogP contribution >= 0.6 is 0 Å². The van der Waals surface area contributed by atoms with Gasteiger partial charge in [-0.2, -0.15) is 0 Å². The normalized spacial score (nSPS) is 18.9. The second-order valence-electron chi connectivity index (χ2n) is 6.24. The summed E-state index contributed by atoms with van der Waals surface area (Å²) in [5, 5.41) is 11.6. The molecule has 1 aliphatic rings. The number of aliphatic hydroxyl groups is 1. The maximum absolute atomic E-state index is 12.4. The number of aliphatic hydroxyl groups excluding tert-OH is 1. The summed E-state index contributed by atoms with van der Waals surface area (Å²) < 4.78 is 16.5. The zero-order valence-corrected chi connectivity index (χ0v) is 15.6. The lowest BCUT2D eigenvalue weighted by Gasteiger charge is -2.29. The fourth-order valence-corrected chi connectivity index (χ4v) is 2.76. The molecule has 1 amide bonds. The van der Waals surface area contributed by atoms with Crippen molar-refractivity contribution in [1.29, 1.82) is 0 Å². The van der Waals surface area contributed by atoms with Crippen LogP contribution in [0.4, 0.5) is 0 Å². The van der Waals surface area contributed by atoms with E-state index < -0.39 is 6.29 Å². The van der Waals surface area contributed by atoms with Gasteiger partial charge in [0.15, 0.2) is 5.76 Å². The van der Waals surface area contributed by atoms with Crippen LogP contribution in [0, 0.1) is 12.3 Å². The number of ether oxygens (including phenoxy) is 3. The Hall–Kier alpha value is -2.33. The third kappa shape index (κ3) is 6.72. The van der Waals surface area contributed by atoms with E-state index in [4.69, 9.17) is 25.7 Å². The highest BCUT2D eigenvalue weighted by atomic mass is 16.7. The predicted molar refractivity (Wildman–Crippen MR) is 102 cm³/mol. The third-order valence-electron chi connectivity index (χ3n) is 4.23. The van der Waals surface area contributed by atoms with E-state index in [0.717, 1.165) is 17.5 Å². The first-order chi connectivity index (χ1) is 13.2. The Kier molecular flexibility index (Phi) is 8.85. The van der Waals surface area contributed by atoms with Gasteiger partial charge < -0.3 is 24.6 Å². The Morgan fingerprint density at radius 2 is 2.11 bits per heavy atom. The number of methoxy groups -OCH3 is 1. The largest absolute Gasteiger partial charge is 0.459 e. The number of unbranched alkanes of at least 4 members (excludes halogenated alkanes) is 1. The van der Waals surface area contributed by atoms with Crippen molar-refractivity contribution in [1.82, 2.24) is 5.32 Å². The van der Waals surface area contributed by atoms with Gasteiger partial charge in [-0.25, -0.2) is 0 Å². The monoisotopic (exact) mass is 373 g/mol. The number of carbonyl (C=O) groups is 1. The highest BCUT2D eigenvalue weighted by molar-refractivity contribution is 5.91. The van der Waals surface area contributed by atoms with Crippen molar-refractivity contribution >= 4 is 5.91 Å². The van der Waals surface area contributed by atoms with E-state index in [2.05, 4.69) is 11.2 Å². The number of allylic oxidation sites excluding steroid dienone is 1. The minimum atomic E-state index is -0.519. The molecule has 146 valence electrons. The summed E-state index contributed by atoms with van der Waals surface area (Å²) in [6, 6.07) is 7.69. The molecule has 27 heavy (non-hydrogen) atoms. The first kappa shape index (κ1) is 21.0. The van der Waals surface area contributed by atoms with Gasteiger partial charge in [-0.1, -0.05) is 18.1 Å². The fourth-order valence-electron chi connectivity index (χ4n) is 2.76. The van der Waals surface area contributed by atoms with Gasteiger partial charge in [0.05, 0.1) is 13.2 Å². The summed E-state index contributed by atoms with van der Waals surface area (Å²) in [4.78, 5) is 12.4. The van der Waals surface area contributed by atoms with Crippen molar-refractivity contribution in [2.45, 2.75) is 31.5 Å². The SMILES string of the molecule is C#Cc1ccc([C@H]2C=C(C(=O)NCCOC)O[C@@H](OCCCCO)C2)cc1. The molecule has 0 unspecified atom stereocenters. The Morgan fingerprint density at radius 1 is 1.33 bits per heavy atom. The molecule has 0 aliphatic carbocycles. The van der Waals surface area contributed by atoms with Crippen LogP contribution < -0.4 is 5.32 Å². The van der Waals surface area contributed by atoms with Crippen molar-refractivity contribution in [2.75, 3.05) is 33.5 Å². The fraction of sp³-hybridized carbons (Fsp3) is 0.476. The number of amides is 1. The van der Waals surface area contributed by atoms with Gasteiger partial charge in [0.1, 0.15) is 0 Å². The van der Waals surface area contributed by atoms with E-state index in [1.165, 1.54) is 0 Å². The lowest BCUT2D eigenvalue weighted by Crippen LogP contribution is -2.34. The molecule has 0 saturated heterocycles. The topological polar surface area (TPSA) is 77.0 Å². The van der Waals surface area contributed by atoms with Crippen molar-refractivity contribution in [3.05, 3.63) is 47.2 Å². The molecular weight excluding hydrogens is 346 g/mol. The molecule has 2 N–H and O–H groups in total. The molecular formula is C21H27NO5. The number of nitrogens with one attached hydrogen (secondary N) is 1. The Balaban J connectivity index is 2.09. The van der Waals surface area contributed by atoms with Gasteiger partial charge in [0, 0.05) is 38.2 Å². The highest BCUT2D eigenvalue weighted by Crippen LogP contribution is 2.31. The van der Waals surface area contributed by atoms with Crippen molar-refractivity contribution in [3.63, 3.8) is 0 Å². The molecule has 1 aliphatic heterocycles. The molecule has 0 bridgehead atoms. The molecule has 1 heterocycles. The number of hydrogen-bond acceptors (Lipinski definition) is 5. The van der Waals surface area contributed by atoms with E-state index >= 15 is 0 Å². The summed E-state index contributed by atoms with van der Waals surface area (Å²) in [6.07, 6.45) is 8.72. The van der Waals surface area contributed by atoms with Crippen LogP contribution in [-0.4, -0.2) is 50.8 Å². The van der Waals surface area contributed by atoms with E-state index in [1.807, 2.05) is 30.3 Å². The molecule has 2 rings (SSSR count). The van der Waals surface area contributed by atoms with Crippen LogP contribution in [-0.2, 0) is 19.0 Å². The van der Waals surface area contributed by atoms with Gasteiger partial charge in [-0.05, 0) is 36.6 Å². The van der Waals surface area contributed by atoms with E-state index in [9.17, 15) is 4.79 Å². The van der Waals surface area contributed by atoms with Gasteiger partial charge in [0.2, 0.25) is 6.29 Å². The molecule has 0 aromatic heterocycles. The average molecular weight is 373 g/mol. The van der Waals surface area contributed by atoms with Crippen LogP contribution in [0.1, 0.15) is 36.3 Å². The molecule has 1 aromatic rings. The van der Waals surface area contributed by atoms with Crippen LogP contribution in [0.15, 0.2) is 36.1 Å². The maximum atomic E-state index is 12.4. The number of benzene rings is 1. The molecule has 2 atom stereocenters. The Bertz CT molecular complexity index is 662. The van der Waals surface area contributed by atoms with E-state index in [0.29, 0.717) is 32.6 Å². The average Bonchev–Trinajstić information content (AvgIpc) is 2.71. The van der Waals surface area contributed by atoms with Crippen LogP contribution in [0.25, 0.3) is 0 Å². The lowest BCUT2D eigenvalue weighted by molar-refractivity contribution is -0.146. The van der Waals surface area contributed by atoms with Gasteiger partial charge in [-0.15, -0.1) is 6.42 Å². The molecule has 0 fully saturated rings. The summed E-state index contributed by atoms with van der Waals surface area (Å²) in [7, 11) is 1.58. The lowest BCUT2D eigenvalue weighted by atomic mass is 9.92. The molecule has 1 aromatic carbocycles. The molecule has 0 radical (unpaired) electrons. The zero-order chi connectivity index (χ0) is 19.5. The molecule has 0 saturated carbocycles. The second-order valence-corrected chi connectivity index (χ2v) is 6.24. The minimum Gasteiger partial charge on any atom is -0.459 e. The minimum absolute atomic E-state index is 0.0170. The molecule has 6 heteroatoms. The van der Waals surface area contributed by atoms with E-state index in [1.54, 1.807) is 7.11 Å². The number of rotatable bonds is 10. The van der Waals surface area contributed by atoms with Crippen molar-refractivity contribution in [2.24, 2.45) is 0 Å². The standard InChI is InChI=1S/C21H27NO5/c1-3-16-6-8-17(9-7-16)18-14-19(21(24)22-10-13-25-2)27-20(15-18)26-12-5-4-11-23/h1,6-9,14,18,20,23H,4-5,10-13,15H2,2H3,(H,22,24)/t18-,20+/m0/s1. The first-order valence-corrected chi connectivity index (χ1v) is 9.12.